The second-order valence-electron chi connectivity index (χ2n) is 5.84. The molecule has 11 atom stereocenters. The fraction of sp³-hybridized carbons (Fsp3) is 1.00. The van der Waals surface area contributed by atoms with Gasteiger partial charge in [-0.15, -0.1) is 0 Å². The molecule has 1 heterocycles. The van der Waals surface area contributed by atoms with Crippen molar-refractivity contribution in [3.8, 4) is 0 Å². The molecule has 1 saturated carbocycles. The zero-order valence-corrected chi connectivity index (χ0v) is 12.0. The van der Waals surface area contributed by atoms with E-state index in [4.69, 9.17) is 20.3 Å². The van der Waals surface area contributed by atoms with Crippen LogP contribution in [0.3, 0.4) is 0 Å². The van der Waals surface area contributed by atoms with Gasteiger partial charge in [-0.05, 0) is 0 Å². The lowest BCUT2D eigenvalue weighted by molar-refractivity contribution is -0.316. The molecule has 0 amide bonds. The van der Waals surface area contributed by atoms with Crippen LogP contribution in [0.15, 0.2) is 0 Å². The van der Waals surface area contributed by atoms with E-state index in [0.29, 0.717) is 0 Å². The SMILES string of the molecule is N[C@H]1C(O[C@@H]2[C@@H](O)[C@H](O)[C@@H](O)[C@H](O)[C@@H]2O)O[C@H](CO)[C@@H](O)[C@@H]1O. The summed E-state index contributed by atoms with van der Waals surface area (Å²) in [7, 11) is 0. The summed E-state index contributed by atoms with van der Waals surface area (Å²) in [5.41, 5.74) is 5.66. The number of rotatable bonds is 3. The van der Waals surface area contributed by atoms with Gasteiger partial charge in [0.1, 0.15) is 54.9 Å². The molecule has 10 N–H and O–H groups in total. The molecule has 1 aliphatic heterocycles. The average molecular weight is 341 g/mol. The lowest BCUT2D eigenvalue weighted by atomic mass is 9.84. The van der Waals surface area contributed by atoms with E-state index in [1.807, 2.05) is 0 Å². The van der Waals surface area contributed by atoms with Gasteiger partial charge in [0.2, 0.25) is 0 Å². The van der Waals surface area contributed by atoms with Gasteiger partial charge < -0.3 is 56.1 Å². The third-order valence-electron chi connectivity index (χ3n) is 4.29. The number of hydrogen-bond donors (Lipinski definition) is 9. The highest BCUT2D eigenvalue weighted by molar-refractivity contribution is 5.00. The second kappa shape index (κ2) is 7.21. The van der Waals surface area contributed by atoms with Crippen molar-refractivity contribution in [3.05, 3.63) is 0 Å². The van der Waals surface area contributed by atoms with Crippen LogP contribution >= 0.6 is 0 Å². The van der Waals surface area contributed by atoms with Gasteiger partial charge in [0.05, 0.1) is 12.6 Å². The van der Waals surface area contributed by atoms with E-state index in [0.717, 1.165) is 0 Å². The fourth-order valence-corrected chi connectivity index (χ4v) is 2.74. The molecule has 0 radical (unpaired) electrons. The van der Waals surface area contributed by atoms with E-state index in [2.05, 4.69) is 0 Å². The van der Waals surface area contributed by atoms with Crippen LogP contribution < -0.4 is 5.73 Å². The minimum absolute atomic E-state index is 0.648. The summed E-state index contributed by atoms with van der Waals surface area (Å²) in [6.45, 7) is -0.648. The molecule has 0 spiro atoms. The highest BCUT2D eigenvalue weighted by Crippen LogP contribution is 2.28. The monoisotopic (exact) mass is 341 g/mol. The predicted molar refractivity (Wildman–Crippen MR) is 70.6 cm³/mol. The van der Waals surface area contributed by atoms with Crippen molar-refractivity contribution in [2.75, 3.05) is 6.61 Å². The Morgan fingerprint density at radius 1 is 0.739 bits per heavy atom. The van der Waals surface area contributed by atoms with Crippen molar-refractivity contribution < 1.29 is 50.3 Å². The summed E-state index contributed by atoms with van der Waals surface area (Å²) in [6, 6.07) is -1.28. The van der Waals surface area contributed by atoms with Crippen LogP contribution in [0.4, 0.5) is 0 Å². The first kappa shape index (κ1) is 18.9. The molecule has 0 bridgehead atoms. The van der Waals surface area contributed by atoms with Gasteiger partial charge in [-0.3, -0.25) is 0 Å². The zero-order valence-electron chi connectivity index (χ0n) is 12.0. The lowest BCUT2D eigenvalue weighted by Gasteiger charge is -2.46. The number of ether oxygens (including phenoxy) is 2. The van der Waals surface area contributed by atoms with Crippen molar-refractivity contribution in [2.45, 2.75) is 67.3 Å². The van der Waals surface area contributed by atoms with E-state index in [1.54, 1.807) is 0 Å². The van der Waals surface area contributed by atoms with Crippen LogP contribution in [-0.4, -0.2) is 115 Å². The van der Waals surface area contributed by atoms with Crippen LogP contribution in [0.5, 0.6) is 0 Å². The first-order valence-corrected chi connectivity index (χ1v) is 7.14. The van der Waals surface area contributed by atoms with Crippen LogP contribution in [-0.2, 0) is 9.47 Å². The Morgan fingerprint density at radius 3 is 1.70 bits per heavy atom. The molecule has 136 valence electrons. The van der Waals surface area contributed by atoms with E-state index in [-0.39, 0.29) is 0 Å². The van der Waals surface area contributed by atoms with Crippen molar-refractivity contribution in [3.63, 3.8) is 0 Å². The lowest BCUT2D eigenvalue weighted by Crippen LogP contribution is -2.68. The van der Waals surface area contributed by atoms with Crippen molar-refractivity contribution in [1.29, 1.82) is 0 Å². The Morgan fingerprint density at radius 2 is 1.22 bits per heavy atom. The Hall–Kier alpha value is -0.440. The first-order valence-electron chi connectivity index (χ1n) is 7.14. The number of aliphatic hydroxyl groups excluding tert-OH is 8. The summed E-state index contributed by atoms with van der Waals surface area (Å²) in [6.07, 6.45) is -16.1. The largest absolute Gasteiger partial charge is 0.394 e. The number of nitrogens with two attached hydrogens (primary N) is 1. The summed E-state index contributed by atoms with van der Waals surface area (Å²) in [4.78, 5) is 0. The molecule has 2 fully saturated rings. The molecule has 0 aromatic carbocycles. The number of hydrogen-bond acceptors (Lipinski definition) is 11. The van der Waals surface area contributed by atoms with E-state index >= 15 is 0 Å². The molecule has 2 rings (SSSR count). The van der Waals surface area contributed by atoms with E-state index in [1.165, 1.54) is 0 Å². The standard InChI is InChI=1S/C12H23NO10/c13-3-5(16)4(15)2(1-14)22-12(3)23-11-9(20)7(18)6(17)8(19)10(11)21/h2-12,14-21H,1,13H2/t2-,3-,4-,5-,6-,7-,8+,9+,10+,11-,12?/m1/s1. The molecule has 11 nitrogen and oxygen atoms in total. The maximum atomic E-state index is 9.89. The summed E-state index contributed by atoms with van der Waals surface area (Å²) in [5, 5.41) is 77.1. The van der Waals surface area contributed by atoms with Gasteiger partial charge >= 0.3 is 0 Å². The van der Waals surface area contributed by atoms with E-state index in [9.17, 15) is 35.7 Å². The third-order valence-corrected chi connectivity index (χ3v) is 4.29. The molecular formula is C12H23NO10. The zero-order chi connectivity index (χ0) is 17.5. The summed E-state index contributed by atoms with van der Waals surface area (Å²) in [5.74, 6) is 0. The molecule has 23 heavy (non-hydrogen) atoms. The first-order chi connectivity index (χ1) is 10.7. The molecule has 0 aromatic rings. The Kier molecular flexibility index (Phi) is 5.92. The minimum atomic E-state index is -1.79. The number of aliphatic hydroxyl groups is 8. The van der Waals surface area contributed by atoms with Gasteiger partial charge in [-0.25, -0.2) is 0 Å². The predicted octanol–water partition coefficient (Wildman–Crippen LogP) is -6.04. The molecule has 1 unspecified atom stereocenters. The van der Waals surface area contributed by atoms with Crippen molar-refractivity contribution in [1.82, 2.24) is 0 Å². The van der Waals surface area contributed by atoms with Crippen LogP contribution in [0, 0.1) is 0 Å². The Bertz CT molecular complexity index is 382. The fourth-order valence-electron chi connectivity index (χ4n) is 2.74. The van der Waals surface area contributed by atoms with Crippen LogP contribution in [0.1, 0.15) is 0 Å². The second-order valence-corrected chi connectivity index (χ2v) is 5.84. The normalized spacial score (nSPS) is 54.9. The smallest absolute Gasteiger partial charge is 0.176 e. The van der Waals surface area contributed by atoms with Gasteiger partial charge in [-0.1, -0.05) is 0 Å². The average Bonchev–Trinajstić information content (AvgIpc) is 2.54. The van der Waals surface area contributed by atoms with Crippen molar-refractivity contribution >= 4 is 0 Å². The van der Waals surface area contributed by atoms with Gasteiger partial charge in [0.25, 0.3) is 0 Å². The topological polar surface area (TPSA) is 206 Å². The molecule has 0 aromatic heterocycles. The molecule has 11 heteroatoms. The summed E-state index contributed by atoms with van der Waals surface area (Å²) < 4.78 is 10.4. The quantitative estimate of drug-likeness (QED) is 0.236. The molecule has 1 saturated heterocycles. The molecular weight excluding hydrogens is 318 g/mol. The molecule has 1 aliphatic carbocycles. The van der Waals surface area contributed by atoms with E-state index < -0.39 is 73.9 Å². The summed E-state index contributed by atoms with van der Waals surface area (Å²) >= 11 is 0. The minimum Gasteiger partial charge on any atom is -0.394 e. The van der Waals surface area contributed by atoms with Crippen LogP contribution in [0.25, 0.3) is 0 Å². The van der Waals surface area contributed by atoms with Gasteiger partial charge in [0.15, 0.2) is 6.29 Å². The van der Waals surface area contributed by atoms with Gasteiger partial charge in [0, 0.05) is 0 Å². The highest BCUT2D eigenvalue weighted by Gasteiger charge is 2.52. The molecule has 2 aliphatic rings. The van der Waals surface area contributed by atoms with Crippen LogP contribution in [0.2, 0.25) is 0 Å². The Balaban J connectivity index is 2.13. The third kappa shape index (κ3) is 3.36. The maximum absolute atomic E-state index is 9.89. The van der Waals surface area contributed by atoms with Crippen molar-refractivity contribution in [2.24, 2.45) is 5.73 Å². The Labute approximate surface area is 131 Å². The maximum Gasteiger partial charge on any atom is 0.176 e. The van der Waals surface area contributed by atoms with Gasteiger partial charge in [-0.2, -0.15) is 0 Å². The highest BCUT2D eigenvalue weighted by atomic mass is 16.7.